The van der Waals surface area contributed by atoms with Crippen molar-refractivity contribution in [2.75, 3.05) is 24.5 Å². The number of amides is 1. The van der Waals surface area contributed by atoms with E-state index in [0.717, 1.165) is 56.1 Å². The van der Waals surface area contributed by atoms with E-state index in [9.17, 15) is 4.79 Å². The second-order valence-corrected chi connectivity index (χ2v) is 5.95. The van der Waals surface area contributed by atoms with E-state index < -0.39 is 0 Å². The third-order valence-electron chi connectivity index (χ3n) is 4.22. The van der Waals surface area contributed by atoms with Crippen molar-refractivity contribution in [3.63, 3.8) is 0 Å². The molecular weight excluding hydrogens is 268 g/mol. The van der Waals surface area contributed by atoms with E-state index in [1.807, 2.05) is 13.0 Å². The molecule has 2 aliphatic rings. The first-order chi connectivity index (χ1) is 10.1. The van der Waals surface area contributed by atoms with Crippen LogP contribution in [0.5, 0.6) is 0 Å². The van der Waals surface area contributed by atoms with Gasteiger partial charge in [-0.05, 0) is 13.3 Å². The fraction of sp³-hybridized carbons (Fsp3) is 0.667. The van der Waals surface area contributed by atoms with Crippen molar-refractivity contribution in [3.05, 3.63) is 17.6 Å². The van der Waals surface area contributed by atoms with Crippen LogP contribution in [0.25, 0.3) is 0 Å². The molecule has 0 aromatic carbocycles. The number of piperidine rings is 1. The van der Waals surface area contributed by atoms with E-state index in [-0.39, 0.29) is 11.7 Å². The molecule has 0 unspecified atom stereocenters. The van der Waals surface area contributed by atoms with Gasteiger partial charge in [0.05, 0.1) is 6.54 Å². The van der Waals surface area contributed by atoms with Crippen molar-refractivity contribution in [1.29, 1.82) is 0 Å². The average Bonchev–Trinajstić information content (AvgIpc) is 2.80. The van der Waals surface area contributed by atoms with Gasteiger partial charge in [-0.2, -0.15) is 0 Å². The van der Waals surface area contributed by atoms with Crippen molar-refractivity contribution < 1.29 is 9.53 Å². The maximum Gasteiger partial charge on any atom is 0.407 e. The minimum atomic E-state index is -0.304. The maximum absolute atomic E-state index is 11.3. The van der Waals surface area contributed by atoms with Crippen molar-refractivity contribution in [1.82, 2.24) is 15.3 Å². The number of aryl methyl sites for hydroxylation is 2. The Morgan fingerprint density at radius 3 is 2.76 bits per heavy atom. The predicted molar refractivity (Wildman–Crippen MR) is 79.4 cm³/mol. The molecule has 3 rings (SSSR count). The van der Waals surface area contributed by atoms with Crippen molar-refractivity contribution >= 4 is 11.9 Å². The number of carbonyl (C=O) groups excluding carboxylic acids is 1. The normalized spacial score (nSPS) is 20.5. The van der Waals surface area contributed by atoms with Crippen molar-refractivity contribution in [2.45, 2.75) is 45.1 Å². The van der Waals surface area contributed by atoms with Crippen molar-refractivity contribution in [2.24, 2.45) is 0 Å². The Morgan fingerprint density at radius 2 is 2.14 bits per heavy atom. The van der Waals surface area contributed by atoms with Gasteiger partial charge in [0, 0.05) is 44.1 Å². The first-order valence-electron chi connectivity index (χ1n) is 7.67. The first kappa shape index (κ1) is 14.1. The molecule has 3 heterocycles. The fourth-order valence-corrected chi connectivity index (χ4v) is 3.03. The number of carbonyl (C=O) groups is 1. The Kier molecular flexibility index (Phi) is 3.69. The fourth-order valence-electron chi connectivity index (χ4n) is 3.03. The van der Waals surface area contributed by atoms with Crippen LogP contribution in [0.4, 0.5) is 10.6 Å². The molecule has 0 saturated carbocycles. The molecule has 6 nitrogen and oxygen atoms in total. The van der Waals surface area contributed by atoms with Crippen LogP contribution in [-0.4, -0.2) is 41.3 Å². The molecule has 2 saturated heterocycles. The number of nitrogens with one attached hydrogen (secondary N) is 1. The minimum absolute atomic E-state index is 0.286. The molecule has 1 N–H and O–H groups in total. The van der Waals surface area contributed by atoms with E-state index in [2.05, 4.69) is 27.1 Å². The molecule has 1 aromatic heterocycles. The Labute approximate surface area is 124 Å². The topological polar surface area (TPSA) is 67.4 Å². The summed E-state index contributed by atoms with van der Waals surface area (Å²) >= 11 is 0. The van der Waals surface area contributed by atoms with Gasteiger partial charge in [-0.1, -0.05) is 6.92 Å². The Morgan fingerprint density at radius 1 is 1.38 bits per heavy atom. The highest BCUT2D eigenvalue weighted by atomic mass is 16.6. The minimum Gasteiger partial charge on any atom is -0.441 e. The lowest BCUT2D eigenvalue weighted by atomic mass is 9.91. The Hall–Kier alpha value is -1.85. The summed E-state index contributed by atoms with van der Waals surface area (Å²) in [6.07, 6.45) is 3.36. The van der Waals surface area contributed by atoms with Crippen LogP contribution in [0, 0.1) is 6.92 Å². The zero-order valence-corrected chi connectivity index (χ0v) is 12.7. The third kappa shape index (κ3) is 2.94. The molecule has 2 fully saturated rings. The number of alkyl carbamates (subject to hydrolysis) is 1. The zero-order valence-electron chi connectivity index (χ0n) is 12.7. The average molecular weight is 290 g/mol. The number of nitrogens with zero attached hydrogens (tertiary/aromatic N) is 3. The lowest BCUT2D eigenvalue weighted by Gasteiger charge is -2.37. The standard InChI is InChI=1S/C15H22N4O2/c1-3-4-12-17-11(2)9-13(18-12)19-7-5-15(6-8-19)10-16-14(20)21-15/h9H,3-8,10H2,1-2H3,(H,16,20). The van der Waals surface area contributed by atoms with Gasteiger partial charge in [0.25, 0.3) is 0 Å². The number of ether oxygens (including phenoxy) is 1. The quantitative estimate of drug-likeness (QED) is 0.919. The molecule has 0 bridgehead atoms. The van der Waals surface area contributed by atoms with Crippen LogP contribution < -0.4 is 10.2 Å². The lowest BCUT2D eigenvalue weighted by Crippen LogP contribution is -2.47. The Balaban J connectivity index is 1.70. The molecule has 1 spiro atoms. The summed E-state index contributed by atoms with van der Waals surface area (Å²) in [6.45, 7) is 6.49. The highest BCUT2D eigenvalue weighted by Crippen LogP contribution is 2.31. The van der Waals surface area contributed by atoms with Crippen LogP contribution in [0.15, 0.2) is 6.07 Å². The van der Waals surface area contributed by atoms with Gasteiger partial charge in [-0.3, -0.25) is 0 Å². The van der Waals surface area contributed by atoms with Gasteiger partial charge in [0.1, 0.15) is 17.2 Å². The molecule has 2 aliphatic heterocycles. The second-order valence-electron chi connectivity index (χ2n) is 5.95. The van der Waals surface area contributed by atoms with Gasteiger partial charge < -0.3 is 15.0 Å². The summed E-state index contributed by atoms with van der Waals surface area (Å²) in [5.41, 5.74) is 0.708. The summed E-state index contributed by atoms with van der Waals surface area (Å²) in [7, 11) is 0. The maximum atomic E-state index is 11.3. The van der Waals surface area contributed by atoms with E-state index in [1.54, 1.807) is 0 Å². The van der Waals surface area contributed by atoms with Crippen LogP contribution in [0.1, 0.15) is 37.7 Å². The highest BCUT2D eigenvalue weighted by molar-refractivity contribution is 5.70. The van der Waals surface area contributed by atoms with Crippen LogP contribution in [0.3, 0.4) is 0 Å². The molecule has 6 heteroatoms. The van der Waals surface area contributed by atoms with E-state index in [1.165, 1.54) is 0 Å². The number of anilines is 1. The number of rotatable bonds is 3. The molecule has 0 atom stereocenters. The van der Waals surface area contributed by atoms with Gasteiger partial charge in [0.2, 0.25) is 0 Å². The second kappa shape index (κ2) is 5.50. The molecule has 114 valence electrons. The van der Waals surface area contributed by atoms with Crippen LogP contribution in [0.2, 0.25) is 0 Å². The summed E-state index contributed by atoms with van der Waals surface area (Å²) in [5, 5.41) is 2.76. The first-order valence-corrected chi connectivity index (χ1v) is 7.67. The SMILES string of the molecule is CCCc1nc(C)cc(N2CCC3(CC2)CNC(=O)O3)n1. The summed E-state index contributed by atoms with van der Waals surface area (Å²) < 4.78 is 5.45. The number of aromatic nitrogens is 2. The Bertz CT molecular complexity index is 538. The molecule has 0 radical (unpaired) electrons. The molecule has 1 aromatic rings. The van der Waals surface area contributed by atoms with Crippen LogP contribution in [-0.2, 0) is 11.2 Å². The summed E-state index contributed by atoms with van der Waals surface area (Å²) in [6, 6.07) is 2.04. The summed E-state index contributed by atoms with van der Waals surface area (Å²) in [4.78, 5) is 22.7. The van der Waals surface area contributed by atoms with E-state index in [4.69, 9.17) is 4.74 Å². The molecule has 1 amide bonds. The largest absolute Gasteiger partial charge is 0.441 e. The van der Waals surface area contributed by atoms with Gasteiger partial charge in [-0.15, -0.1) is 0 Å². The van der Waals surface area contributed by atoms with E-state index >= 15 is 0 Å². The predicted octanol–water partition coefficient (Wildman–Crippen LogP) is 1.82. The highest BCUT2D eigenvalue weighted by Gasteiger charge is 2.43. The van der Waals surface area contributed by atoms with Crippen LogP contribution >= 0.6 is 0 Å². The third-order valence-corrected chi connectivity index (χ3v) is 4.22. The zero-order chi connectivity index (χ0) is 14.9. The van der Waals surface area contributed by atoms with Gasteiger partial charge in [-0.25, -0.2) is 14.8 Å². The van der Waals surface area contributed by atoms with Gasteiger partial charge >= 0.3 is 6.09 Å². The number of hydrogen-bond acceptors (Lipinski definition) is 5. The lowest BCUT2D eigenvalue weighted by molar-refractivity contribution is 0.0366. The molecular formula is C15H22N4O2. The monoisotopic (exact) mass is 290 g/mol. The smallest absolute Gasteiger partial charge is 0.407 e. The molecule has 21 heavy (non-hydrogen) atoms. The summed E-state index contributed by atoms with van der Waals surface area (Å²) in [5.74, 6) is 1.92. The number of hydrogen-bond donors (Lipinski definition) is 1. The van der Waals surface area contributed by atoms with E-state index in [0.29, 0.717) is 6.54 Å². The van der Waals surface area contributed by atoms with Crippen molar-refractivity contribution in [3.8, 4) is 0 Å². The van der Waals surface area contributed by atoms with Gasteiger partial charge in [0.15, 0.2) is 0 Å². The molecule has 0 aliphatic carbocycles.